The molecule has 4 nitrogen and oxygen atoms in total. The molecule has 2 heterocycles. The van der Waals surface area contributed by atoms with Crippen molar-refractivity contribution in [2.45, 2.75) is 19.6 Å². The number of carbonyl (C=O) groups excluding carboxylic acids is 1. The highest BCUT2D eigenvalue weighted by Gasteiger charge is 2.33. The van der Waals surface area contributed by atoms with E-state index in [0.717, 1.165) is 28.5 Å². The van der Waals surface area contributed by atoms with Crippen molar-refractivity contribution in [1.82, 2.24) is 9.55 Å². The first-order valence-electron chi connectivity index (χ1n) is 9.06. The third kappa shape index (κ3) is 3.68. The fourth-order valence-corrected chi connectivity index (χ4v) is 3.44. The molecule has 0 aliphatic heterocycles. The van der Waals surface area contributed by atoms with Gasteiger partial charge >= 0.3 is 12.1 Å². The number of hydrogen-bond acceptors (Lipinski definition) is 3. The number of nitrogens with zero attached hydrogens (tertiary/aromatic N) is 2. The van der Waals surface area contributed by atoms with Crippen LogP contribution in [0, 0.1) is 0 Å². The Morgan fingerprint density at radius 3 is 2.66 bits per heavy atom. The van der Waals surface area contributed by atoms with Gasteiger partial charge in [0, 0.05) is 35.9 Å². The number of rotatable bonds is 4. The summed E-state index contributed by atoms with van der Waals surface area (Å²) in [4.78, 5) is 16.5. The molecule has 0 saturated heterocycles. The van der Waals surface area contributed by atoms with Gasteiger partial charge in [0.25, 0.3) is 0 Å². The average Bonchev–Trinajstić information content (AvgIpc) is 3.09. The number of fused-ring (bicyclic) bond motifs is 2. The monoisotopic (exact) mass is 398 g/mol. The van der Waals surface area contributed by atoms with Crippen molar-refractivity contribution in [2.24, 2.45) is 0 Å². The van der Waals surface area contributed by atoms with E-state index in [9.17, 15) is 18.0 Å². The van der Waals surface area contributed by atoms with Crippen LogP contribution >= 0.6 is 0 Å². The lowest BCUT2D eigenvalue weighted by Gasteiger charge is -2.13. The Morgan fingerprint density at radius 2 is 1.90 bits per heavy atom. The van der Waals surface area contributed by atoms with Crippen LogP contribution in [0.25, 0.3) is 21.7 Å². The van der Waals surface area contributed by atoms with Crippen LogP contribution in [0.5, 0.6) is 0 Å². The van der Waals surface area contributed by atoms with E-state index in [0.29, 0.717) is 17.4 Å². The topological polar surface area (TPSA) is 44.1 Å². The number of halogens is 3. The minimum atomic E-state index is -4.55. The summed E-state index contributed by atoms with van der Waals surface area (Å²) in [6.07, 6.45) is 0.602. The van der Waals surface area contributed by atoms with E-state index in [-0.39, 0.29) is 12.2 Å². The fourth-order valence-electron chi connectivity index (χ4n) is 3.44. The predicted molar refractivity (Wildman–Crippen MR) is 104 cm³/mol. The predicted octanol–water partition coefficient (Wildman–Crippen LogP) is 5.43. The number of pyridine rings is 1. The van der Waals surface area contributed by atoms with Crippen LogP contribution in [0.2, 0.25) is 0 Å². The van der Waals surface area contributed by atoms with Gasteiger partial charge in [-0.15, -0.1) is 0 Å². The van der Waals surface area contributed by atoms with Crippen LogP contribution in [0.1, 0.15) is 28.4 Å². The van der Waals surface area contributed by atoms with Gasteiger partial charge in [-0.2, -0.15) is 13.2 Å². The molecule has 0 N–H and O–H groups in total. The molecule has 4 rings (SSSR count). The third-order valence-electron chi connectivity index (χ3n) is 4.74. The molecule has 2 aromatic heterocycles. The first kappa shape index (κ1) is 19.0. The Bertz CT molecular complexity index is 1210. The first-order chi connectivity index (χ1) is 13.9. The standard InChI is InChI=1S/C22H17F3N2O2/c1-2-29-21(28)19-11-18(22(23,24)25)10-16-6-8-27(20(16)19)13-14-3-4-17-12-26-7-5-15(17)9-14/h3-12H,2,13H2,1H3. The molecule has 0 unspecified atom stereocenters. The lowest BCUT2D eigenvalue weighted by molar-refractivity contribution is -0.137. The third-order valence-corrected chi connectivity index (χ3v) is 4.74. The number of benzene rings is 2. The maximum Gasteiger partial charge on any atom is 0.416 e. The maximum atomic E-state index is 13.3. The highest BCUT2D eigenvalue weighted by atomic mass is 19.4. The summed E-state index contributed by atoms with van der Waals surface area (Å²) < 4.78 is 46.6. The SMILES string of the molecule is CCOC(=O)c1cc(C(F)(F)F)cc2ccn(Cc3ccc4cnccc4c3)c12. The van der Waals surface area contributed by atoms with Crippen molar-refractivity contribution in [3.63, 3.8) is 0 Å². The number of esters is 1. The largest absolute Gasteiger partial charge is 0.462 e. The molecule has 0 bridgehead atoms. The van der Waals surface area contributed by atoms with Crippen molar-refractivity contribution in [3.8, 4) is 0 Å². The van der Waals surface area contributed by atoms with E-state index in [1.807, 2.05) is 24.3 Å². The van der Waals surface area contributed by atoms with Crippen LogP contribution in [-0.4, -0.2) is 22.1 Å². The molecule has 148 valence electrons. The van der Waals surface area contributed by atoms with E-state index >= 15 is 0 Å². The van der Waals surface area contributed by atoms with Crippen LogP contribution in [0.4, 0.5) is 13.2 Å². The minimum absolute atomic E-state index is 0.0794. The van der Waals surface area contributed by atoms with Gasteiger partial charge in [0.2, 0.25) is 0 Å². The van der Waals surface area contributed by atoms with Crippen molar-refractivity contribution >= 4 is 27.6 Å². The van der Waals surface area contributed by atoms with Crippen molar-refractivity contribution in [3.05, 3.63) is 77.7 Å². The van der Waals surface area contributed by atoms with Gasteiger partial charge < -0.3 is 9.30 Å². The van der Waals surface area contributed by atoms with Crippen molar-refractivity contribution in [2.75, 3.05) is 6.61 Å². The average molecular weight is 398 g/mol. The van der Waals surface area contributed by atoms with Crippen molar-refractivity contribution < 1.29 is 22.7 Å². The first-order valence-corrected chi connectivity index (χ1v) is 9.06. The fraction of sp³-hybridized carbons (Fsp3) is 0.182. The summed E-state index contributed by atoms with van der Waals surface area (Å²) in [5.74, 6) is -0.770. The van der Waals surface area contributed by atoms with E-state index in [2.05, 4.69) is 4.98 Å². The Morgan fingerprint density at radius 1 is 1.07 bits per heavy atom. The molecule has 4 aromatic rings. The number of aromatic nitrogens is 2. The molecule has 0 aliphatic rings. The molecule has 0 saturated carbocycles. The number of hydrogen-bond donors (Lipinski definition) is 0. The van der Waals surface area contributed by atoms with Gasteiger partial charge in [0.1, 0.15) is 0 Å². The van der Waals surface area contributed by atoms with Gasteiger partial charge in [0.05, 0.1) is 23.3 Å². The van der Waals surface area contributed by atoms with E-state index < -0.39 is 17.7 Å². The highest BCUT2D eigenvalue weighted by molar-refractivity contribution is 6.03. The van der Waals surface area contributed by atoms with Crippen LogP contribution in [0.15, 0.2) is 61.1 Å². The Balaban J connectivity index is 1.82. The molecular formula is C22H17F3N2O2. The van der Waals surface area contributed by atoms with Gasteiger partial charge in [-0.05, 0) is 48.2 Å². The number of alkyl halides is 3. The molecule has 0 amide bonds. The molecule has 29 heavy (non-hydrogen) atoms. The van der Waals surface area contributed by atoms with Gasteiger partial charge in [-0.1, -0.05) is 12.1 Å². The summed E-state index contributed by atoms with van der Waals surface area (Å²) >= 11 is 0. The van der Waals surface area contributed by atoms with E-state index in [4.69, 9.17) is 4.74 Å². The van der Waals surface area contributed by atoms with Gasteiger partial charge in [0.15, 0.2) is 0 Å². The second-order valence-electron chi connectivity index (χ2n) is 6.68. The van der Waals surface area contributed by atoms with Crippen LogP contribution in [0.3, 0.4) is 0 Å². The summed E-state index contributed by atoms with van der Waals surface area (Å²) in [6.45, 7) is 2.10. The van der Waals surface area contributed by atoms with Gasteiger partial charge in [-0.3, -0.25) is 4.98 Å². The van der Waals surface area contributed by atoms with E-state index in [1.54, 1.807) is 36.1 Å². The molecule has 0 aliphatic carbocycles. The summed E-state index contributed by atoms with van der Waals surface area (Å²) in [5, 5.41) is 2.35. The quantitative estimate of drug-likeness (QED) is 0.431. The molecule has 0 atom stereocenters. The lowest BCUT2D eigenvalue weighted by Crippen LogP contribution is -2.12. The second kappa shape index (κ2) is 7.24. The van der Waals surface area contributed by atoms with Crippen molar-refractivity contribution in [1.29, 1.82) is 0 Å². The molecule has 0 spiro atoms. The maximum absolute atomic E-state index is 13.3. The summed E-state index contributed by atoms with van der Waals surface area (Å²) in [7, 11) is 0. The normalized spacial score (nSPS) is 11.9. The number of carbonyl (C=O) groups is 1. The zero-order chi connectivity index (χ0) is 20.6. The molecule has 0 fully saturated rings. The Labute approximate surface area is 164 Å². The molecule has 2 aromatic carbocycles. The minimum Gasteiger partial charge on any atom is -0.462 e. The number of ether oxygens (including phenoxy) is 1. The zero-order valence-electron chi connectivity index (χ0n) is 15.5. The Kier molecular flexibility index (Phi) is 4.74. The van der Waals surface area contributed by atoms with Gasteiger partial charge in [-0.25, -0.2) is 4.79 Å². The zero-order valence-corrected chi connectivity index (χ0v) is 15.5. The summed E-state index contributed by atoms with van der Waals surface area (Å²) in [6, 6.07) is 11.3. The van der Waals surface area contributed by atoms with Crippen LogP contribution < -0.4 is 0 Å². The molecule has 0 radical (unpaired) electrons. The smallest absolute Gasteiger partial charge is 0.416 e. The lowest BCUT2D eigenvalue weighted by atomic mass is 10.1. The second-order valence-corrected chi connectivity index (χ2v) is 6.68. The molecule has 7 heteroatoms. The summed E-state index contributed by atoms with van der Waals surface area (Å²) in [5.41, 5.74) is 0.415. The molecular weight excluding hydrogens is 381 g/mol. The van der Waals surface area contributed by atoms with E-state index in [1.165, 1.54) is 0 Å². The Hall–Kier alpha value is -3.35. The van der Waals surface area contributed by atoms with Crippen LogP contribution in [-0.2, 0) is 17.5 Å². The highest BCUT2D eigenvalue weighted by Crippen LogP contribution is 2.34.